The van der Waals surface area contributed by atoms with Crippen molar-refractivity contribution in [2.75, 3.05) is 0 Å². The van der Waals surface area contributed by atoms with E-state index in [1.165, 1.54) is 70.5 Å². The summed E-state index contributed by atoms with van der Waals surface area (Å²) in [4.78, 5) is 17.9. The van der Waals surface area contributed by atoms with Gasteiger partial charge < -0.3 is 28.2 Å². The molecule has 0 saturated heterocycles. The smallest absolute Gasteiger partial charge is 0.358 e. The average molecular weight is 1450 g/mol. The number of thiophene rings is 1. The number of imidazole rings is 3. The van der Waals surface area contributed by atoms with E-state index in [-0.39, 0.29) is 139 Å². The summed E-state index contributed by atoms with van der Waals surface area (Å²) in [5, 5.41) is 5.85. The van der Waals surface area contributed by atoms with Crippen LogP contribution in [0.5, 0.6) is 0 Å². The van der Waals surface area contributed by atoms with Crippen molar-refractivity contribution in [3.63, 3.8) is 0 Å². The van der Waals surface area contributed by atoms with Crippen LogP contribution in [-0.4, -0.2) is 28.3 Å². The van der Waals surface area contributed by atoms with Crippen LogP contribution >= 0.6 is 11.3 Å². The summed E-state index contributed by atoms with van der Waals surface area (Å²) in [6.07, 6.45) is 6.02. The van der Waals surface area contributed by atoms with Gasteiger partial charge in [-0.15, -0.1) is 65.3 Å². The molecule has 0 saturated carbocycles. The monoisotopic (exact) mass is 1450 g/mol. The molecule has 6 aromatic heterocycles. The predicted molar refractivity (Wildman–Crippen MR) is 280 cm³/mol. The van der Waals surface area contributed by atoms with Gasteiger partial charge in [-0.3, -0.25) is 9.97 Å². The van der Waals surface area contributed by atoms with Crippen LogP contribution in [-0.2, 0) is 127 Å². The van der Waals surface area contributed by atoms with Crippen LogP contribution in [0.25, 0.3) is 76.7 Å². The van der Waals surface area contributed by atoms with Gasteiger partial charge in [-0.05, 0) is 84.1 Å². The third-order valence-corrected chi connectivity index (χ3v) is 13.1. The molecule has 69 heavy (non-hydrogen) atoms. The van der Waals surface area contributed by atoms with E-state index >= 15 is 0 Å². The number of aromatic nitrogens is 6. The topological polar surface area (TPSA) is 52.4 Å². The van der Waals surface area contributed by atoms with Crippen molar-refractivity contribution in [2.24, 2.45) is 16.2 Å². The number of fused-ring (bicyclic) bond motifs is 12. The van der Waals surface area contributed by atoms with Gasteiger partial charge in [0.1, 0.15) is 11.5 Å². The molecule has 10 aromatic rings. The van der Waals surface area contributed by atoms with Crippen molar-refractivity contribution < 1.29 is 108 Å². The van der Waals surface area contributed by atoms with Crippen LogP contribution < -0.4 is 0 Å². The van der Waals surface area contributed by atoms with Gasteiger partial charge in [-0.25, -0.2) is 4.98 Å². The first-order valence-electron chi connectivity index (χ1n) is 22.3. The number of benzene rings is 4. The van der Waals surface area contributed by atoms with Gasteiger partial charge in [-0.1, -0.05) is 115 Å². The van der Waals surface area contributed by atoms with Crippen LogP contribution in [0.3, 0.4) is 0 Å². The van der Waals surface area contributed by atoms with Gasteiger partial charge in [-0.2, -0.15) is 0 Å². The zero-order valence-corrected chi connectivity index (χ0v) is 54.2. The molecular formula is C58H66N6Pt2SY2. The molecule has 0 aliphatic rings. The van der Waals surface area contributed by atoms with E-state index in [1.807, 2.05) is 35.9 Å². The molecule has 0 aliphatic heterocycles. The first-order chi connectivity index (χ1) is 29.8. The fourth-order valence-electron chi connectivity index (χ4n) is 9.49. The Hall–Kier alpha value is -2.21. The Labute approximate surface area is 495 Å². The van der Waals surface area contributed by atoms with E-state index in [1.54, 1.807) is 0 Å². The number of hydrogen-bond donors (Lipinski definition) is 0. The molecule has 0 amide bonds. The van der Waals surface area contributed by atoms with Crippen LogP contribution in [0, 0.1) is 70.9 Å². The Morgan fingerprint density at radius 1 is 0.551 bits per heavy atom. The van der Waals surface area contributed by atoms with Crippen LogP contribution in [0.2, 0.25) is 0 Å². The molecule has 0 fully saturated rings. The maximum absolute atomic E-state index is 5.35. The summed E-state index contributed by atoms with van der Waals surface area (Å²) in [6, 6.07) is 34.9. The quantitative estimate of drug-likeness (QED) is 0.161. The molecule has 0 N–H and O–H groups in total. The number of hydrogen-bond acceptors (Lipinski definition) is 4. The zero-order valence-electron chi connectivity index (χ0n) is 43.2. The van der Waals surface area contributed by atoms with Crippen molar-refractivity contribution in [2.45, 2.75) is 109 Å². The van der Waals surface area contributed by atoms with E-state index in [4.69, 9.17) is 15.0 Å². The van der Waals surface area contributed by atoms with Crippen LogP contribution in [0.4, 0.5) is 0 Å². The molecule has 6 heterocycles. The molecule has 360 valence electrons. The van der Waals surface area contributed by atoms with Gasteiger partial charge in [0, 0.05) is 112 Å². The van der Waals surface area contributed by atoms with Gasteiger partial charge in [0.05, 0.1) is 27.5 Å². The van der Waals surface area contributed by atoms with Gasteiger partial charge >= 0.3 is 42.1 Å². The molecular weight excluding hydrogens is 1380 g/mol. The van der Waals surface area contributed by atoms with Gasteiger partial charge in [0.25, 0.3) is 0 Å². The SMILES string of the molecule is Cc1cccc(C)c1-c1cnc2c3[c-]cccc3c3c(nc(CC(C)(C)C)n3CC(C)(C)C)n12.Cc1cccc(C)c1-c1cnc2c3[c-]cccc3c3cc(CC(C)(C)C)sc3n12.[CH3-].[CH3-].[Pt+2].[Pt+2].[Y].[Y]. The van der Waals surface area contributed by atoms with Crippen molar-refractivity contribution in [3.8, 4) is 22.5 Å². The molecule has 0 unspecified atom stereocenters. The third kappa shape index (κ3) is 12.1. The molecule has 2 radical (unpaired) electrons. The second kappa shape index (κ2) is 23.3. The third-order valence-electron chi connectivity index (χ3n) is 11.9. The summed E-state index contributed by atoms with van der Waals surface area (Å²) >= 11 is 1.90. The fourth-order valence-corrected chi connectivity index (χ4v) is 11.0. The Morgan fingerprint density at radius 3 is 1.51 bits per heavy atom. The second-order valence-electron chi connectivity index (χ2n) is 21.3. The minimum Gasteiger partial charge on any atom is -0.358 e. The van der Waals surface area contributed by atoms with Crippen molar-refractivity contribution in [1.29, 1.82) is 0 Å². The fraction of sp³-hybridized carbons (Fsp3) is 0.328. The van der Waals surface area contributed by atoms with Crippen molar-refractivity contribution in [1.82, 2.24) is 28.3 Å². The summed E-state index contributed by atoms with van der Waals surface area (Å²) in [5.41, 5.74) is 14.4. The molecule has 4 aromatic carbocycles. The molecule has 6 nitrogen and oxygen atoms in total. The Morgan fingerprint density at radius 2 is 1.01 bits per heavy atom. The van der Waals surface area contributed by atoms with Gasteiger partial charge in [0.15, 0.2) is 0 Å². The Kier molecular flexibility index (Phi) is 20.7. The molecule has 0 aliphatic carbocycles. The first kappa shape index (κ1) is 61.1. The van der Waals surface area contributed by atoms with Crippen LogP contribution in [0.15, 0.2) is 91.3 Å². The first-order valence-corrected chi connectivity index (χ1v) is 23.1. The molecule has 0 spiro atoms. The zero-order chi connectivity index (χ0) is 44.7. The summed E-state index contributed by atoms with van der Waals surface area (Å²) in [7, 11) is 0. The number of rotatable bonds is 5. The largest absolute Gasteiger partial charge is 2.00 e. The van der Waals surface area contributed by atoms with E-state index in [0.29, 0.717) is 0 Å². The standard InChI is InChI=1S/C30H35N4.C26H25N2S.2CH3.2Pt.2Y/c1-19-12-11-13-20(2)25(19)23-17-31-27-22-15-10-9-14-21(22)26-28(34(23)27)32-24(16-29(3,4)5)33(26)18-30(6,7)8;1-16-9-8-10-17(2)23(16)22-15-27-24-20-12-7-6-11-19(20)21-13-18(14-26(3,4)5)29-25(21)28(22)24;;;;;;/h9-14,17H,16,18H2,1-8H3;6-11,13,15H,14H2,1-5H3;2*1H3;;;;/q4*-1;2*+2;;. The predicted octanol–water partition coefficient (Wildman–Crippen LogP) is 15.8. The molecule has 0 bridgehead atoms. The summed E-state index contributed by atoms with van der Waals surface area (Å²) < 4.78 is 7.10. The average Bonchev–Trinajstić information content (AvgIpc) is 3.99. The molecule has 0 atom stereocenters. The van der Waals surface area contributed by atoms with Gasteiger partial charge in [0.2, 0.25) is 0 Å². The van der Waals surface area contributed by atoms with E-state index in [0.717, 1.165) is 58.6 Å². The van der Waals surface area contributed by atoms with Crippen molar-refractivity contribution in [3.05, 3.63) is 151 Å². The minimum absolute atomic E-state index is 0. The second-order valence-corrected chi connectivity index (χ2v) is 22.4. The maximum Gasteiger partial charge on any atom is 2.00 e. The number of pyridine rings is 2. The summed E-state index contributed by atoms with van der Waals surface area (Å²) in [6.45, 7) is 30.3. The number of nitrogens with zero attached hydrogens (tertiary/aromatic N) is 6. The maximum atomic E-state index is 5.35. The van der Waals surface area contributed by atoms with E-state index < -0.39 is 0 Å². The normalized spacial score (nSPS) is 11.6. The Balaban J connectivity index is 0.000000339. The van der Waals surface area contributed by atoms with E-state index in [2.05, 4.69) is 182 Å². The molecule has 10 rings (SSSR count). The molecule has 11 heteroatoms. The summed E-state index contributed by atoms with van der Waals surface area (Å²) in [5.74, 6) is 1.14. The van der Waals surface area contributed by atoms with Crippen LogP contribution in [0.1, 0.15) is 95.3 Å². The Bertz CT molecular complexity index is 3350. The number of aryl methyl sites for hydroxylation is 4. The minimum atomic E-state index is 0. The van der Waals surface area contributed by atoms with Crippen molar-refractivity contribution >= 4 is 65.6 Å². The van der Waals surface area contributed by atoms with E-state index in [9.17, 15) is 0 Å².